The largest absolute Gasteiger partial charge is 0.338 e. The second-order valence-corrected chi connectivity index (χ2v) is 6.50. The molecule has 6 nitrogen and oxygen atoms in total. The van der Waals surface area contributed by atoms with Crippen LogP contribution >= 0.6 is 12.4 Å². The zero-order valence-electron chi connectivity index (χ0n) is 13.4. The fourth-order valence-electron chi connectivity index (χ4n) is 2.28. The fraction of sp³-hybridized carbons (Fsp3) is 0.857. The highest BCUT2D eigenvalue weighted by atomic mass is 35.5. The van der Waals surface area contributed by atoms with E-state index in [1.807, 2.05) is 20.8 Å². The van der Waals surface area contributed by atoms with E-state index in [0.717, 1.165) is 19.5 Å². The third-order valence-corrected chi connectivity index (χ3v) is 3.91. The van der Waals surface area contributed by atoms with Crippen molar-refractivity contribution in [3.05, 3.63) is 0 Å². The van der Waals surface area contributed by atoms with Crippen molar-refractivity contribution in [3.63, 3.8) is 0 Å². The molecule has 124 valence electrons. The van der Waals surface area contributed by atoms with Crippen molar-refractivity contribution in [1.82, 2.24) is 15.5 Å². The van der Waals surface area contributed by atoms with E-state index < -0.39 is 6.03 Å². The Morgan fingerprint density at radius 1 is 1.33 bits per heavy atom. The van der Waals surface area contributed by atoms with Gasteiger partial charge in [-0.15, -0.1) is 12.4 Å². The molecule has 21 heavy (non-hydrogen) atoms. The molecule has 1 aliphatic rings. The Hall–Kier alpha value is -0.850. The molecular weight excluding hydrogens is 292 g/mol. The van der Waals surface area contributed by atoms with Crippen molar-refractivity contribution in [2.75, 3.05) is 26.2 Å². The summed E-state index contributed by atoms with van der Waals surface area (Å²) < 4.78 is 0. The van der Waals surface area contributed by atoms with Gasteiger partial charge in [-0.25, -0.2) is 4.79 Å². The topological polar surface area (TPSA) is 87.5 Å². The highest BCUT2D eigenvalue weighted by Gasteiger charge is 2.36. The molecule has 1 saturated heterocycles. The molecule has 0 bridgehead atoms. The molecule has 4 N–H and O–H groups in total. The van der Waals surface area contributed by atoms with Gasteiger partial charge >= 0.3 is 6.03 Å². The van der Waals surface area contributed by atoms with Crippen molar-refractivity contribution in [2.45, 2.75) is 40.2 Å². The number of hydrogen-bond acceptors (Lipinski definition) is 4. The maximum atomic E-state index is 12.0. The number of amides is 3. The Bertz CT molecular complexity index is 365. The molecule has 0 aromatic rings. The van der Waals surface area contributed by atoms with Gasteiger partial charge in [0.05, 0.1) is 6.04 Å². The molecule has 0 aromatic carbocycles. The second kappa shape index (κ2) is 8.56. The summed E-state index contributed by atoms with van der Waals surface area (Å²) in [6.07, 6.45) is 0.987. The average molecular weight is 321 g/mol. The maximum Gasteiger partial charge on any atom is 0.321 e. The number of carbonyl (C=O) groups excluding carboxylic acids is 2. The van der Waals surface area contributed by atoms with Crippen LogP contribution in [-0.4, -0.2) is 49.1 Å². The molecular formula is C14H29ClN4O2. The molecule has 7 heteroatoms. The van der Waals surface area contributed by atoms with Crippen molar-refractivity contribution in [1.29, 1.82) is 0 Å². The van der Waals surface area contributed by atoms with E-state index in [9.17, 15) is 9.59 Å². The number of imide groups is 1. The van der Waals surface area contributed by atoms with Crippen LogP contribution in [0.3, 0.4) is 0 Å². The summed E-state index contributed by atoms with van der Waals surface area (Å²) in [7, 11) is 0. The summed E-state index contributed by atoms with van der Waals surface area (Å²) in [4.78, 5) is 25.7. The Kier molecular flexibility index (Phi) is 8.21. The molecule has 2 unspecified atom stereocenters. The number of urea groups is 1. The average Bonchev–Trinajstić information content (AvgIpc) is 2.79. The van der Waals surface area contributed by atoms with Crippen molar-refractivity contribution in [3.8, 4) is 0 Å². The first-order valence-electron chi connectivity index (χ1n) is 7.30. The summed E-state index contributed by atoms with van der Waals surface area (Å²) in [5, 5.41) is 5.07. The van der Waals surface area contributed by atoms with Gasteiger partial charge in [-0.1, -0.05) is 20.8 Å². The molecule has 1 aliphatic heterocycles. The Morgan fingerprint density at radius 3 is 2.43 bits per heavy atom. The molecule has 0 saturated carbocycles. The van der Waals surface area contributed by atoms with Gasteiger partial charge in [0.2, 0.25) is 5.91 Å². The minimum Gasteiger partial charge on any atom is -0.338 e. The summed E-state index contributed by atoms with van der Waals surface area (Å²) in [5.41, 5.74) is 5.84. The smallest absolute Gasteiger partial charge is 0.321 e. The van der Waals surface area contributed by atoms with Crippen LogP contribution in [0.25, 0.3) is 0 Å². The number of rotatable bonds is 5. The van der Waals surface area contributed by atoms with Crippen molar-refractivity contribution < 1.29 is 9.59 Å². The lowest BCUT2D eigenvalue weighted by molar-refractivity contribution is -0.124. The van der Waals surface area contributed by atoms with Gasteiger partial charge in [0.1, 0.15) is 0 Å². The van der Waals surface area contributed by atoms with Gasteiger partial charge in [-0.2, -0.15) is 0 Å². The minimum absolute atomic E-state index is 0. The van der Waals surface area contributed by atoms with E-state index in [0.29, 0.717) is 19.0 Å². The molecule has 1 fully saturated rings. The Balaban J connectivity index is 0.00000400. The standard InChI is InChI=1S/C14H28N4O2.ClH/c1-10(2)7-16-13(20)17-12(19)11(3)18-6-5-14(4,8-15)9-18;/h10-11H,5-9,15H2,1-4H3,(H2,16,17,19,20);1H. The lowest BCUT2D eigenvalue weighted by Gasteiger charge is -2.26. The predicted molar refractivity (Wildman–Crippen MR) is 86.4 cm³/mol. The quantitative estimate of drug-likeness (QED) is 0.704. The first kappa shape index (κ1) is 20.1. The van der Waals surface area contributed by atoms with Crippen LogP contribution in [0.2, 0.25) is 0 Å². The van der Waals surface area contributed by atoms with Crippen LogP contribution in [0.5, 0.6) is 0 Å². The van der Waals surface area contributed by atoms with Gasteiger partial charge in [-0.05, 0) is 37.8 Å². The van der Waals surface area contributed by atoms with Gasteiger partial charge < -0.3 is 11.1 Å². The molecule has 0 aliphatic carbocycles. The van der Waals surface area contributed by atoms with E-state index in [2.05, 4.69) is 22.5 Å². The summed E-state index contributed by atoms with van der Waals surface area (Å²) in [6.45, 7) is 10.8. The Labute approximate surface area is 133 Å². The van der Waals surface area contributed by atoms with Crippen molar-refractivity contribution in [2.24, 2.45) is 17.1 Å². The Morgan fingerprint density at radius 2 is 1.95 bits per heavy atom. The summed E-state index contributed by atoms with van der Waals surface area (Å²) in [5.74, 6) is 0.102. The zero-order chi connectivity index (χ0) is 15.3. The number of nitrogens with zero attached hydrogens (tertiary/aromatic N) is 1. The monoisotopic (exact) mass is 320 g/mol. The number of hydrogen-bond donors (Lipinski definition) is 3. The van der Waals surface area contributed by atoms with Crippen LogP contribution < -0.4 is 16.4 Å². The van der Waals surface area contributed by atoms with Gasteiger partial charge in [0, 0.05) is 13.1 Å². The number of likely N-dealkylation sites (tertiary alicyclic amines) is 1. The third-order valence-electron chi connectivity index (χ3n) is 3.91. The highest BCUT2D eigenvalue weighted by Crippen LogP contribution is 2.29. The molecule has 1 rings (SSSR count). The highest BCUT2D eigenvalue weighted by molar-refractivity contribution is 5.96. The first-order chi connectivity index (χ1) is 9.27. The van der Waals surface area contributed by atoms with Crippen LogP contribution in [-0.2, 0) is 4.79 Å². The maximum absolute atomic E-state index is 12.0. The number of carbonyl (C=O) groups is 2. The zero-order valence-corrected chi connectivity index (χ0v) is 14.3. The van der Waals surface area contributed by atoms with E-state index in [1.54, 1.807) is 0 Å². The fourth-order valence-corrected chi connectivity index (χ4v) is 2.28. The van der Waals surface area contributed by atoms with Crippen LogP contribution in [0.1, 0.15) is 34.1 Å². The predicted octanol–water partition coefficient (Wildman–Crippen LogP) is 0.949. The summed E-state index contributed by atoms with van der Waals surface area (Å²) >= 11 is 0. The van der Waals surface area contributed by atoms with Crippen molar-refractivity contribution >= 4 is 24.3 Å². The van der Waals surface area contributed by atoms with E-state index in [-0.39, 0.29) is 29.8 Å². The lowest BCUT2D eigenvalue weighted by Crippen LogP contribution is -2.50. The van der Waals surface area contributed by atoms with Crippen LogP contribution in [0.15, 0.2) is 0 Å². The summed E-state index contributed by atoms with van der Waals surface area (Å²) in [6, 6.07) is -0.732. The SMILES string of the molecule is CC(C)CNC(=O)NC(=O)C(C)N1CCC(C)(CN)C1.Cl. The second-order valence-electron chi connectivity index (χ2n) is 6.50. The minimum atomic E-state index is -0.420. The number of halogens is 1. The number of nitrogens with two attached hydrogens (primary N) is 1. The van der Waals surface area contributed by atoms with E-state index >= 15 is 0 Å². The molecule has 0 aromatic heterocycles. The van der Waals surface area contributed by atoms with E-state index in [1.165, 1.54) is 0 Å². The van der Waals surface area contributed by atoms with Gasteiger partial charge in [-0.3, -0.25) is 15.0 Å². The number of nitrogens with one attached hydrogen (secondary N) is 2. The van der Waals surface area contributed by atoms with Gasteiger partial charge in [0.25, 0.3) is 0 Å². The first-order valence-corrected chi connectivity index (χ1v) is 7.30. The normalized spacial score (nSPS) is 23.5. The lowest BCUT2D eigenvalue weighted by atomic mass is 9.90. The third kappa shape index (κ3) is 6.20. The molecule has 0 radical (unpaired) electrons. The van der Waals surface area contributed by atoms with Crippen LogP contribution in [0.4, 0.5) is 4.79 Å². The molecule has 1 heterocycles. The molecule has 3 amide bonds. The van der Waals surface area contributed by atoms with Crippen LogP contribution in [0, 0.1) is 11.3 Å². The molecule has 0 spiro atoms. The molecule has 2 atom stereocenters. The van der Waals surface area contributed by atoms with E-state index in [4.69, 9.17) is 5.73 Å². The van der Waals surface area contributed by atoms with Gasteiger partial charge in [0.15, 0.2) is 0 Å².